The van der Waals surface area contributed by atoms with Crippen molar-refractivity contribution in [3.63, 3.8) is 0 Å². The van der Waals surface area contributed by atoms with E-state index in [4.69, 9.17) is 0 Å². The normalized spacial score (nSPS) is 11.8. The Hall–Kier alpha value is -4.03. The van der Waals surface area contributed by atoms with Gasteiger partial charge in [-0.2, -0.15) is 18.4 Å². The minimum atomic E-state index is -3.91. The van der Waals surface area contributed by atoms with Crippen LogP contribution in [0, 0.1) is 13.8 Å². The number of allylic oxidation sites excluding steroid dienone is 1. The molecule has 1 heterocycles. The Morgan fingerprint density at radius 3 is 2.25 bits per heavy atom. The van der Waals surface area contributed by atoms with Gasteiger partial charge < -0.3 is 5.32 Å². The highest BCUT2D eigenvalue weighted by molar-refractivity contribution is 7.89. The average molecular weight is 527 g/mol. The predicted molar refractivity (Wildman–Crippen MR) is 142 cm³/mol. The molecule has 0 fully saturated rings. The highest BCUT2D eigenvalue weighted by Gasteiger charge is 2.16. The van der Waals surface area contributed by atoms with Gasteiger partial charge in [0.05, 0.1) is 15.5 Å². The number of nitrogens with zero attached hydrogens (tertiary/aromatic N) is 2. The van der Waals surface area contributed by atoms with Crippen LogP contribution in [0.25, 0.3) is 6.08 Å². The van der Waals surface area contributed by atoms with E-state index in [2.05, 4.69) is 31.1 Å². The van der Waals surface area contributed by atoms with Gasteiger partial charge in [-0.1, -0.05) is 47.2 Å². The first-order valence-electron chi connectivity index (χ1n) is 10.8. The number of aromatic nitrogens is 1. The van der Waals surface area contributed by atoms with E-state index in [-0.39, 0.29) is 16.7 Å². The van der Waals surface area contributed by atoms with Crippen LogP contribution in [0.1, 0.15) is 35.5 Å². The Bertz CT molecular complexity index is 1410. The summed E-state index contributed by atoms with van der Waals surface area (Å²) in [6.07, 6.45) is 3.42. The fourth-order valence-corrected chi connectivity index (χ4v) is 4.64. The van der Waals surface area contributed by atoms with Crippen molar-refractivity contribution in [2.45, 2.75) is 32.6 Å². The lowest BCUT2D eigenvalue weighted by molar-refractivity contribution is -0.118. The molecule has 0 atom stereocenters. The van der Waals surface area contributed by atoms with Crippen LogP contribution in [0.4, 0.5) is 10.8 Å². The topological polar surface area (TPSA) is 142 Å². The fourth-order valence-electron chi connectivity index (χ4n) is 2.93. The van der Waals surface area contributed by atoms with Crippen LogP contribution < -0.4 is 21.0 Å². The van der Waals surface area contributed by atoms with Gasteiger partial charge in [0, 0.05) is 19.5 Å². The highest BCUT2D eigenvalue weighted by Crippen LogP contribution is 2.24. The number of hydrazine groups is 1. The summed E-state index contributed by atoms with van der Waals surface area (Å²) < 4.78 is 25.6. The number of carbonyl (C=O) groups excluding carboxylic acids is 2. The Morgan fingerprint density at radius 1 is 0.972 bits per heavy atom. The third-order valence-electron chi connectivity index (χ3n) is 4.66. The molecule has 3 aromatic rings. The average Bonchev–Trinajstić information content (AvgIpc) is 3.19. The number of rotatable bonds is 9. The number of nitrogens with one attached hydrogen (secondary N) is 4. The van der Waals surface area contributed by atoms with Gasteiger partial charge >= 0.3 is 0 Å². The summed E-state index contributed by atoms with van der Waals surface area (Å²) in [5.41, 5.74) is 8.48. The number of sulfonamides is 1. The maximum absolute atomic E-state index is 12.8. The Balaban J connectivity index is 1.93. The number of carbonyl (C=O) groups is 2. The van der Waals surface area contributed by atoms with Crippen LogP contribution in [0.15, 0.2) is 64.6 Å². The molecule has 2 aromatic carbocycles. The smallest absolute Gasteiger partial charge is 0.276 e. The minimum absolute atomic E-state index is 0.0859. The summed E-state index contributed by atoms with van der Waals surface area (Å²) in [6.45, 7) is 6.42. The van der Waals surface area contributed by atoms with Gasteiger partial charge in [0.25, 0.3) is 10.0 Å². The standard InChI is InChI=1S/C24H26N6O4S2/c1-15-5-12-21(13-6-15)36(33,34)30-28-22(23-16(2)25-24(35-23)29-27-18(4)32)14-9-19-7-10-20(11-8-19)26-17(3)31/h5-14,30H,1-4H3,(H,25,29)(H,26,31)(H,27,32). The van der Waals surface area contributed by atoms with Crippen molar-refractivity contribution in [1.82, 2.24) is 15.2 Å². The first-order chi connectivity index (χ1) is 17.0. The van der Waals surface area contributed by atoms with E-state index in [1.807, 2.05) is 6.92 Å². The number of aryl methyl sites for hydroxylation is 2. The van der Waals surface area contributed by atoms with Crippen LogP contribution >= 0.6 is 11.3 Å². The molecular weight excluding hydrogens is 500 g/mol. The second kappa shape index (κ2) is 11.6. The van der Waals surface area contributed by atoms with E-state index in [0.29, 0.717) is 27.1 Å². The molecule has 0 aliphatic carbocycles. The van der Waals surface area contributed by atoms with E-state index in [9.17, 15) is 18.0 Å². The predicted octanol–water partition coefficient (Wildman–Crippen LogP) is 3.58. The molecule has 0 saturated carbocycles. The van der Waals surface area contributed by atoms with Gasteiger partial charge in [-0.25, -0.2) is 4.98 Å². The molecular formula is C24H26N6O4S2. The lowest BCUT2D eigenvalue weighted by Crippen LogP contribution is -2.26. The van der Waals surface area contributed by atoms with Gasteiger partial charge in [-0.3, -0.25) is 20.4 Å². The van der Waals surface area contributed by atoms with Crippen LogP contribution in [0.2, 0.25) is 0 Å². The van der Waals surface area contributed by atoms with Crippen molar-refractivity contribution in [2.75, 3.05) is 10.7 Å². The van der Waals surface area contributed by atoms with E-state index in [1.54, 1.807) is 55.5 Å². The Kier molecular flexibility index (Phi) is 8.56. The monoisotopic (exact) mass is 526 g/mol. The third-order valence-corrected chi connectivity index (χ3v) is 6.98. The molecule has 0 bridgehead atoms. The number of hydrogen-bond acceptors (Lipinski definition) is 8. The molecule has 0 saturated heterocycles. The van der Waals surface area contributed by atoms with Crippen molar-refractivity contribution in [2.24, 2.45) is 5.10 Å². The SMILES string of the molecule is CC(=O)NNc1nc(C)c(C(C=Cc2ccc(NC(C)=O)cc2)=NNS(=O)(=O)c2ccc(C)cc2)s1. The molecule has 0 radical (unpaired) electrons. The molecule has 4 N–H and O–H groups in total. The minimum Gasteiger partial charge on any atom is -0.326 e. The largest absolute Gasteiger partial charge is 0.326 e. The number of hydrazone groups is 1. The number of amides is 2. The van der Waals surface area contributed by atoms with Crippen LogP contribution in [-0.2, 0) is 19.6 Å². The van der Waals surface area contributed by atoms with Crippen LogP contribution in [0.5, 0.6) is 0 Å². The lowest BCUT2D eigenvalue weighted by atomic mass is 10.1. The third kappa shape index (κ3) is 7.48. The summed E-state index contributed by atoms with van der Waals surface area (Å²) in [4.78, 5) is 29.8. The molecule has 10 nitrogen and oxygen atoms in total. The molecule has 1 aromatic heterocycles. The maximum Gasteiger partial charge on any atom is 0.276 e. The first kappa shape index (κ1) is 26.6. The zero-order chi connectivity index (χ0) is 26.3. The number of thiazole rings is 1. The second-order valence-electron chi connectivity index (χ2n) is 7.78. The van der Waals surface area contributed by atoms with Crippen LogP contribution in [-0.4, -0.2) is 30.9 Å². The molecule has 2 amide bonds. The highest BCUT2D eigenvalue weighted by atomic mass is 32.2. The molecule has 3 rings (SSSR count). The van der Waals surface area contributed by atoms with Gasteiger partial charge in [-0.05, 0) is 49.8 Å². The second-order valence-corrected chi connectivity index (χ2v) is 10.4. The molecule has 188 valence electrons. The number of anilines is 2. The molecule has 0 unspecified atom stereocenters. The van der Waals surface area contributed by atoms with Gasteiger partial charge in [0.2, 0.25) is 16.9 Å². The number of benzene rings is 2. The zero-order valence-electron chi connectivity index (χ0n) is 20.1. The summed E-state index contributed by atoms with van der Waals surface area (Å²) in [5, 5.41) is 7.31. The van der Waals surface area contributed by atoms with Crippen LogP contribution in [0.3, 0.4) is 0 Å². The van der Waals surface area contributed by atoms with Crippen molar-refractivity contribution in [3.05, 3.63) is 76.3 Å². The number of hydrogen-bond donors (Lipinski definition) is 4. The summed E-state index contributed by atoms with van der Waals surface area (Å²) in [6, 6.07) is 13.5. The molecule has 0 aliphatic heterocycles. The lowest BCUT2D eigenvalue weighted by Gasteiger charge is -2.06. The Labute approximate surface area is 213 Å². The van der Waals surface area contributed by atoms with E-state index < -0.39 is 10.0 Å². The van der Waals surface area contributed by atoms with E-state index >= 15 is 0 Å². The quantitative estimate of drug-likeness (QED) is 0.248. The Morgan fingerprint density at radius 2 is 1.64 bits per heavy atom. The molecule has 0 aliphatic rings. The van der Waals surface area contributed by atoms with Gasteiger partial charge in [-0.15, -0.1) is 0 Å². The maximum atomic E-state index is 12.8. The molecule has 36 heavy (non-hydrogen) atoms. The van der Waals surface area contributed by atoms with Crippen molar-refractivity contribution < 1.29 is 18.0 Å². The molecule has 12 heteroatoms. The summed E-state index contributed by atoms with van der Waals surface area (Å²) in [5.74, 6) is -0.454. The summed E-state index contributed by atoms with van der Waals surface area (Å²) in [7, 11) is -3.91. The van der Waals surface area contributed by atoms with Gasteiger partial charge in [0.1, 0.15) is 5.71 Å². The van der Waals surface area contributed by atoms with Crippen molar-refractivity contribution in [3.8, 4) is 0 Å². The van der Waals surface area contributed by atoms with Crippen molar-refractivity contribution in [1.29, 1.82) is 0 Å². The zero-order valence-corrected chi connectivity index (χ0v) is 21.8. The van der Waals surface area contributed by atoms with E-state index in [0.717, 1.165) is 11.1 Å². The van der Waals surface area contributed by atoms with Gasteiger partial charge in [0.15, 0.2) is 0 Å². The first-order valence-corrected chi connectivity index (χ1v) is 13.1. The fraction of sp³-hybridized carbons (Fsp3) is 0.167. The summed E-state index contributed by atoms with van der Waals surface area (Å²) >= 11 is 1.20. The van der Waals surface area contributed by atoms with Crippen molar-refractivity contribution >= 4 is 55.8 Å². The molecule has 0 spiro atoms. The van der Waals surface area contributed by atoms with E-state index in [1.165, 1.54) is 37.3 Å².